The molecule has 1 saturated carbocycles. The molecule has 1 aliphatic carbocycles. The zero-order chi connectivity index (χ0) is 17.1. The third kappa shape index (κ3) is 4.06. The Balaban J connectivity index is 1.54. The maximum absolute atomic E-state index is 12.3. The molecule has 5 nitrogen and oxygen atoms in total. The van der Waals surface area contributed by atoms with E-state index < -0.39 is 6.03 Å². The number of nitrogens with two attached hydrogens (primary N) is 1. The Hall–Kier alpha value is -2.53. The fourth-order valence-electron chi connectivity index (χ4n) is 2.81. The van der Waals surface area contributed by atoms with E-state index in [0.717, 1.165) is 17.5 Å². The summed E-state index contributed by atoms with van der Waals surface area (Å²) >= 11 is 6.00. The minimum atomic E-state index is -0.612. The molecule has 0 unspecified atom stereocenters. The Labute approximate surface area is 145 Å². The number of anilines is 1. The predicted octanol–water partition coefficient (Wildman–Crippen LogP) is 3.25. The van der Waals surface area contributed by atoms with E-state index in [1.807, 2.05) is 30.3 Å². The van der Waals surface area contributed by atoms with Crippen LogP contribution < -0.4 is 16.4 Å². The summed E-state index contributed by atoms with van der Waals surface area (Å²) in [6.07, 6.45) is 0.843. The lowest BCUT2D eigenvalue weighted by Gasteiger charge is -2.08. The number of nitrogens with one attached hydrogen (secondary N) is 2. The number of halogens is 1. The molecule has 1 aliphatic rings. The molecule has 2 aromatic carbocycles. The Morgan fingerprint density at radius 2 is 1.96 bits per heavy atom. The number of urea groups is 1. The van der Waals surface area contributed by atoms with Crippen LogP contribution in [-0.4, -0.2) is 11.9 Å². The number of primary amides is 1. The molecule has 2 aromatic rings. The summed E-state index contributed by atoms with van der Waals surface area (Å²) in [7, 11) is 0. The van der Waals surface area contributed by atoms with Crippen LogP contribution in [0.2, 0.25) is 5.02 Å². The molecule has 3 rings (SSSR count). The van der Waals surface area contributed by atoms with Gasteiger partial charge < -0.3 is 16.4 Å². The van der Waals surface area contributed by atoms with Gasteiger partial charge in [-0.15, -0.1) is 0 Å². The van der Waals surface area contributed by atoms with E-state index in [1.165, 1.54) is 0 Å². The van der Waals surface area contributed by atoms with Crippen molar-refractivity contribution in [3.63, 3.8) is 0 Å². The first kappa shape index (κ1) is 16.3. The van der Waals surface area contributed by atoms with Gasteiger partial charge in [-0.3, -0.25) is 4.79 Å². The minimum Gasteiger partial charge on any atom is -0.352 e. The van der Waals surface area contributed by atoms with Gasteiger partial charge in [-0.1, -0.05) is 35.9 Å². The fourth-order valence-corrected chi connectivity index (χ4v) is 3.01. The lowest BCUT2D eigenvalue weighted by Crippen LogP contribution is -2.25. The number of hydrogen-bond acceptors (Lipinski definition) is 2. The second-order valence-corrected chi connectivity index (χ2v) is 6.35. The number of rotatable bonds is 5. The number of amides is 3. The largest absolute Gasteiger partial charge is 0.352 e. The van der Waals surface area contributed by atoms with Gasteiger partial charge in [0.2, 0.25) is 5.91 Å². The molecule has 24 heavy (non-hydrogen) atoms. The quantitative estimate of drug-likeness (QED) is 0.778. The van der Waals surface area contributed by atoms with Crippen molar-refractivity contribution in [2.75, 3.05) is 5.32 Å². The summed E-state index contributed by atoms with van der Waals surface area (Å²) in [5.74, 6) is 0.273. The van der Waals surface area contributed by atoms with Crippen LogP contribution in [0.25, 0.3) is 0 Å². The van der Waals surface area contributed by atoms with Crippen LogP contribution in [0.3, 0.4) is 0 Å². The number of benzene rings is 2. The summed E-state index contributed by atoms with van der Waals surface area (Å²) in [6.45, 7) is 0.409. The smallest absolute Gasteiger partial charge is 0.316 e. The highest BCUT2D eigenvalue weighted by molar-refractivity contribution is 6.30. The molecular formula is C18H18ClN3O2. The van der Waals surface area contributed by atoms with Crippen molar-refractivity contribution in [1.82, 2.24) is 5.32 Å². The van der Waals surface area contributed by atoms with Crippen molar-refractivity contribution in [2.45, 2.75) is 18.9 Å². The van der Waals surface area contributed by atoms with Gasteiger partial charge in [0.05, 0.1) is 0 Å². The third-order valence-corrected chi connectivity index (χ3v) is 4.30. The second kappa shape index (κ2) is 6.93. The summed E-state index contributed by atoms with van der Waals surface area (Å²) in [4.78, 5) is 23.1. The third-order valence-electron chi connectivity index (χ3n) is 4.07. The molecule has 1 fully saturated rings. The zero-order valence-electron chi connectivity index (χ0n) is 13.0. The molecule has 0 aliphatic heterocycles. The van der Waals surface area contributed by atoms with Gasteiger partial charge in [-0.05, 0) is 47.7 Å². The maximum Gasteiger partial charge on any atom is 0.316 e. The van der Waals surface area contributed by atoms with Crippen LogP contribution >= 0.6 is 11.6 Å². The highest BCUT2D eigenvalue weighted by atomic mass is 35.5. The number of carbonyl (C=O) groups excluding carboxylic acids is 2. The predicted molar refractivity (Wildman–Crippen MR) is 93.8 cm³/mol. The van der Waals surface area contributed by atoms with E-state index in [0.29, 0.717) is 17.3 Å². The van der Waals surface area contributed by atoms with Crippen molar-refractivity contribution < 1.29 is 9.59 Å². The van der Waals surface area contributed by atoms with Crippen LogP contribution in [-0.2, 0) is 11.3 Å². The van der Waals surface area contributed by atoms with Crippen LogP contribution in [0, 0.1) is 5.92 Å². The van der Waals surface area contributed by atoms with Crippen molar-refractivity contribution in [3.05, 3.63) is 64.7 Å². The van der Waals surface area contributed by atoms with Gasteiger partial charge >= 0.3 is 6.03 Å². The van der Waals surface area contributed by atoms with E-state index in [1.54, 1.807) is 18.2 Å². The first-order valence-electron chi connectivity index (χ1n) is 7.71. The Morgan fingerprint density at radius 1 is 1.17 bits per heavy atom. The van der Waals surface area contributed by atoms with Gasteiger partial charge in [0.1, 0.15) is 0 Å². The van der Waals surface area contributed by atoms with E-state index in [-0.39, 0.29) is 17.7 Å². The molecule has 2 atom stereocenters. The SMILES string of the molecule is NC(=O)Nc1cccc(CNC(=O)[C@H]2C[C@H]2c2cccc(Cl)c2)c1. The fraction of sp³-hybridized carbons (Fsp3) is 0.222. The van der Waals surface area contributed by atoms with Gasteiger partial charge in [0.25, 0.3) is 0 Å². The highest BCUT2D eigenvalue weighted by Crippen LogP contribution is 2.47. The molecule has 0 radical (unpaired) electrons. The number of carbonyl (C=O) groups is 2. The molecular weight excluding hydrogens is 326 g/mol. The van der Waals surface area contributed by atoms with Crippen LogP contribution in [0.1, 0.15) is 23.5 Å². The normalized spacial score (nSPS) is 18.7. The molecule has 4 N–H and O–H groups in total. The summed E-state index contributed by atoms with van der Waals surface area (Å²) in [6, 6.07) is 14.3. The number of hydrogen-bond donors (Lipinski definition) is 3. The summed E-state index contributed by atoms with van der Waals surface area (Å²) in [5.41, 5.74) is 7.71. The molecule has 0 heterocycles. The van der Waals surface area contributed by atoms with Crippen molar-refractivity contribution in [2.24, 2.45) is 11.7 Å². The Morgan fingerprint density at radius 3 is 2.71 bits per heavy atom. The molecule has 0 saturated heterocycles. The first-order chi connectivity index (χ1) is 11.5. The monoisotopic (exact) mass is 343 g/mol. The molecule has 6 heteroatoms. The van der Waals surface area contributed by atoms with Gasteiger partial charge in [-0.25, -0.2) is 4.79 Å². The first-order valence-corrected chi connectivity index (χ1v) is 8.09. The standard InChI is InChI=1S/C18H18ClN3O2/c19-13-5-2-4-12(8-13)15-9-16(15)17(23)21-10-11-3-1-6-14(7-11)22-18(20)24/h1-8,15-16H,9-10H2,(H,21,23)(H3,20,22,24)/t15-,16-/m0/s1. The van der Waals surface area contributed by atoms with Gasteiger partial charge in [0, 0.05) is 23.2 Å². The van der Waals surface area contributed by atoms with E-state index in [4.69, 9.17) is 17.3 Å². The molecule has 0 bridgehead atoms. The Bertz CT molecular complexity index is 778. The summed E-state index contributed by atoms with van der Waals surface area (Å²) in [5, 5.41) is 6.15. The van der Waals surface area contributed by atoms with Crippen molar-refractivity contribution in [1.29, 1.82) is 0 Å². The van der Waals surface area contributed by atoms with E-state index in [2.05, 4.69) is 10.6 Å². The van der Waals surface area contributed by atoms with Gasteiger partial charge in [-0.2, -0.15) is 0 Å². The lowest BCUT2D eigenvalue weighted by molar-refractivity contribution is -0.122. The van der Waals surface area contributed by atoms with Crippen LogP contribution in [0.5, 0.6) is 0 Å². The van der Waals surface area contributed by atoms with E-state index >= 15 is 0 Å². The topological polar surface area (TPSA) is 84.2 Å². The van der Waals surface area contributed by atoms with Gasteiger partial charge in [0.15, 0.2) is 0 Å². The minimum absolute atomic E-state index is 0.00426. The average Bonchev–Trinajstić information content (AvgIpc) is 3.33. The molecule has 124 valence electrons. The highest BCUT2D eigenvalue weighted by Gasteiger charge is 2.43. The van der Waals surface area contributed by atoms with E-state index in [9.17, 15) is 9.59 Å². The molecule has 0 spiro atoms. The summed E-state index contributed by atoms with van der Waals surface area (Å²) < 4.78 is 0. The molecule has 3 amide bonds. The van der Waals surface area contributed by atoms with Crippen molar-refractivity contribution >= 4 is 29.2 Å². The van der Waals surface area contributed by atoms with Crippen LogP contribution in [0.15, 0.2) is 48.5 Å². The van der Waals surface area contributed by atoms with Crippen molar-refractivity contribution in [3.8, 4) is 0 Å². The lowest BCUT2D eigenvalue weighted by atomic mass is 10.1. The maximum atomic E-state index is 12.3. The second-order valence-electron chi connectivity index (χ2n) is 5.91. The average molecular weight is 344 g/mol. The van der Waals surface area contributed by atoms with Crippen LogP contribution in [0.4, 0.5) is 10.5 Å². The Kier molecular flexibility index (Phi) is 4.71. The molecule has 0 aromatic heterocycles. The zero-order valence-corrected chi connectivity index (χ0v) is 13.7.